The van der Waals surface area contributed by atoms with Crippen molar-refractivity contribution in [1.29, 1.82) is 0 Å². The molecule has 0 bridgehead atoms. The van der Waals surface area contributed by atoms with Crippen molar-refractivity contribution in [2.75, 3.05) is 51.8 Å². The molecule has 0 radical (unpaired) electrons. The van der Waals surface area contributed by atoms with Crippen LogP contribution >= 0.6 is 0 Å². The molecule has 2 aliphatic rings. The number of carbonyl (C=O) groups excluding carboxylic acids is 1. The van der Waals surface area contributed by atoms with Crippen LogP contribution in [0.2, 0.25) is 0 Å². The van der Waals surface area contributed by atoms with Gasteiger partial charge in [0, 0.05) is 67.7 Å². The smallest absolute Gasteiger partial charge is 0.270 e. The van der Waals surface area contributed by atoms with Gasteiger partial charge in [0.05, 0.1) is 24.6 Å². The van der Waals surface area contributed by atoms with Crippen LogP contribution in [-0.4, -0.2) is 88.2 Å². The van der Waals surface area contributed by atoms with E-state index in [-0.39, 0.29) is 12.0 Å². The number of nitrogens with zero attached hydrogens (tertiary/aromatic N) is 5. The van der Waals surface area contributed by atoms with Gasteiger partial charge in [0.25, 0.3) is 5.91 Å². The zero-order valence-electron chi connectivity index (χ0n) is 20.7. The third-order valence-corrected chi connectivity index (χ3v) is 6.74. The van der Waals surface area contributed by atoms with E-state index in [1.165, 1.54) is 0 Å². The first-order valence-corrected chi connectivity index (χ1v) is 12.5. The summed E-state index contributed by atoms with van der Waals surface area (Å²) in [5.74, 6) is 1.24. The number of piperazine rings is 1. The van der Waals surface area contributed by atoms with Gasteiger partial charge in [-0.25, -0.2) is 9.97 Å². The van der Waals surface area contributed by atoms with E-state index in [4.69, 9.17) is 9.47 Å². The first-order chi connectivity index (χ1) is 18.1. The maximum Gasteiger partial charge on any atom is 0.270 e. The number of hydrogen-bond donors (Lipinski definition) is 2. The molecule has 6 rings (SSSR count). The third-order valence-electron chi connectivity index (χ3n) is 6.74. The zero-order valence-corrected chi connectivity index (χ0v) is 20.7. The number of benzene rings is 1. The molecule has 4 aromatic rings. The lowest BCUT2D eigenvalue weighted by Gasteiger charge is -2.32. The van der Waals surface area contributed by atoms with Crippen molar-refractivity contribution >= 4 is 28.4 Å². The Kier molecular flexibility index (Phi) is 6.42. The summed E-state index contributed by atoms with van der Waals surface area (Å²) >= 11 is 0. The van der Waals surface area contributed by atoms with Gasteiger partial charge in [-0.2, -0.15) is 0 Å². The maximum atomic E-state index is 13.0. The van der Waals surface area contributed by atoms with Crippen LogP contribution in [0.5, 0.6) is 5.75 Å². The second-order valence-electron chi connectivity index (χ2n) is 9.45. The Labute approximate surface area is 214 Å². The number of fused-ring (bicyclic) bond motifs is 1. The van der Waals surface area contributed by atoms with E-state index >= 15 is 0 Å². The second-order valence-corrected chi connectivity index (χ2v) is 9.45. The fourth-order valence-corrected chi connectivity index (χ4v) is 4.62. The predicted molar refractivity (Wildman–Crippen MR) is 140 cm³/mol. The first-order valence-electron chi connectivity index (χ1n) is 12.5. The van der Waals surface area contributed by atoms with Crippen LogP contribution in [0.15, 0.2) is 54.9 Å². The minimum atomic E-state index is 0.0361. The number of H-pyrrole nitrogens is 1. The Morgan fingerprint density at radius 3 is 2.76 bits per heavy atom. The summed E-state index contributed by atoms with van der Waals surface area (Å²) in [4.78, 5) is 33.9. The topological polar surface area (TPSA) is 108 Å². The SMILES string of the molecule is CN1CCN(C(=O)c2cc3cc(Nc4nccc(-c5cc(OC6CCOC6)ccn5)n4)ccc3[nH]2)CC1. The summed E-state index contributed by atoms with van der Waals surface area (Å²) in [6, 6.07) is 13.3. The molecular weight excluding hydrogens is 470 g/mol. The van der Waals surface area contributed by atoms with Crippen LogP contribution in [0.3, 0.4) is 0 Å². The van der Waals surface area contributed by atoms with Gasteiger partial charge in [-0.15, -0.1) is 0 Å². The van der Waals surface area contributed by atoms with E-state index in [0.717, 1.165) is 61.5 Å². The van der Waals surface area contributed by atoms with Gasteiger partial charge < -0.3 is 29.6 Å². The number of likely N-dealkylation sites (N-methyl/N-ethyl adjacent to an activating group) is 1. The number of amides is 1. The van der Waals surface area contributed by atoms with Crippen LogP contribution in [-0.2, 0) is 4.74 Å². The average molecular weight is 500 g/mol. The number of aromatic amines is 1. The number of pyridine rings is 1. The average Bonchev–Trinajstić information content (AvgIpc) is 3.59. The highest BCUT2D eigenvalue weighted by Crippen LogP contribution is 2.25. The highest BCUT2D eigenvalue weighted by Gasteiger charge is 2.22. The normalized spacial score (nSPS) is 18.3. The van der Waals surface area contributed by atoms with Crippen molar-refractivity contribution in [1.82, 2.24) is 29.7 Å². The fraction of sp³-hybridized carbons (Fsp3) is 0.333. The van der Waals surface area contributed by atoms with Crippen molar-refractivity contribution in [3.8, 4) is 17.1 Å². The quantitative estimate of drug-likeness (QED) is 0.416. The van der Waals surface area contributed by atoms with Gasteiger partial charge in [-0.05, 0) is 43.4 Å². The summed E-state index contributed by atoms with van der Waals surface area (Å²) in [6.45, 7) is 4.60. The van der Waals surface area contributed by atoms with Gasteiger partial charge >= 0.3 is 0 Å². The maximum absolute atomic E-state index is 13.0. The molecule has 190 valence electrons. The molecular formula is C27H29N7O3. The number of ether oxygens (including phenoxy) is 2. The van der Waals surface area contributed by atoms with Crippen LogP contribution in [0.1, 0.15) is 16.9 Å². The van der Waals surface area contributed by atoms with Crippen LogP contribution in [0.25, 0.3) is 22.3 Å². The summed E-state index contributed by atoms with van der Waals surface area (Å²) in [7, 11) is 2.08. The Balaban J connectivity index is 1.17. The van der Waals surface area contributed by atoms with Crippen molar-refractivity contribution in [2.24, 2.45) is 0 Å². The lowest BCUT2D eigenvalue weighted by molar-refractivity contribution is 0.0659. The summed E-state index contributed by atoms with van der Waals surface area (Å²) in [6.07, 6.45) is 4.37. The van der Waals surface area contributed by atoms with E-state index < -0.39 is 0 Å². The van der Waals surface area contributed by atoms with E-state index in [1.807, 2.05) is 47.4 Å². The Bertz CT molecular complexity index is 1410. The number of rotatable bonds is 6. The number of hydrogen-bond acceptors (Lipinski definition) is 8. The lowest BCUT2D eigenvalue weighted by Crippen LogP contribution is -2.47. The standard InChI is InChI=1S/C27H29N7O3/c1-33-9-11-34(12-10-33)26(35)25-15-18-14-19(2-3-22(18)31-25)30-27-29-8-5-23(32-27)24-16-20(4-7-28-24)37-21-6-13-36-17-21/h2-5,7-8,14-16,21,31H,6,9-13,17H2,1H3,(H,29,30,32). The Hall–Kier alpha value is -4.02. The van der Waals surface area contributed by atoms with Gasteiger partial charge in [0.2, 0.25) is 5.95 Å². The molecule has 2 aliphatic heterocycles. The molecule has 1 aromatic carbocycles. The number of nitrogens with one attached hydrogen (secondary N) is 2. The van der Waals surface area contributed by atoms with Gasteiger partial charge in [0.15, 0.2) is 0 Å². The van der Waals surface area contributed by atoms with E-state index in [9.17, 15) is 4.79 Å². The Morgan fingerprint density at radius 1 is 1.05 bits per heavy atom. The second kappa shape index (κ2) is 10.2. The molecule has 10 nitrogen and oxygen atoms in total. The fourth-order valence-electron chi connectivity index (χ4n) is 4.62. The van der Waals surface area contributed by atoms with Crippen molar-refractivity contribution in [3.63, 3.8) is 0 Å². The Morgan fingerprint density at radius 2 is 1.92 bits per heavy atom. The zero-order chi connectivity index (χ0) is 25.2. The largest absolute Gasteiger partial charge is 0.488 e. The van der Waals surface area contributed by atoms with Crippen molar-refractivity contribution in [3.05, 3.63) is 60.6 Å². The van der Waals surface area contributed by atoms with Gasteiger partial charge in [-0.1, -0.05) is 0 Å². The van der Waals surface area contributed by atoms with E-state index in [1.54, 1.807) is 12.4 Å². The molecule has 2 saturated heterocycles. The van der Waals surface area contributed by atoms with Crippen LogP contribution < -0.4 is 10.1 Å². The summed E-state index contributed by atoms with van der Waals surface area (Å²) in [5.41, 5.74) is 3.73. The molecule has 3 aromatic heterocycles. The minimum absolute atomic E-state index is 0.0361. The number of anilines is 2. The molecule has 0 saturated carbocycles. The molecule has 1 amide bonds. The predicted octanol–water partition coefficient (Wildman–Crippen LogP) is 3.32. The molecule has 0 aliphatic carbocycles. The molecule has 5 heterocycles. The summed E-state index contributed by atoms with van der Waals surface area (Å²) < 4.78 is 11.4. The molecule has 0 spiro atoms. The highest BCUT2D eigenvalue weighted by atomic mass is 16.5. The first kappa shape index (κ1) is 23.4. The van der Waals surface area contributed by atoms with Crippen molar-refractivity contribution < 1.29 is 14.3 Å². The molecule has 2 N–H and O–H groups in total. The molecule has 10 heteroatoms. The van der Waals surface area contributed by atoms with Gasteiger partial charge in [-0.3, -0.25) is 9.78 Å². The monoisotopic (exact) mass is 499 g/mol. The van der Waals surface area contributed by atoms with Crippen molar-refractivity contribution in [2.45, 2.75) is 12.5 Å². The number of carbonyl (C=O) groups is 1. The molecule has 1 atom stereocenters. The van der Waals surface area contributed by atoms with Crippen LogP contribution in [0, 0.1) is 0 Å². The highest BCUT2D eigenvalue weighted by molar-refractivity contribution is 5.98. The minimum Gasteiger partial charge on any atom is -0.488 e. The van der Waals surface area contributed by atoms with E-state index in [2.05, 4.69) is 37.2 Å². The van der Waals surface area contributed by atoms with Gasteiger partial charge in [0.1, 0.15) is 17.5 Å². The summed E-state index contributed by atoms with van der Waals surface area (Å²) in [5, 5.41) is 4.22. The molecule has 37 heavy (non-hydrogen) atoms. The molecule has 1 unspecified atom stereocenters. The number of aromatic nitrogens is 4. The third kappa shape index (κ3) is 5.25. The molecule has 2 fully saturated rings. The van der Waals surface area contributed by atoms with Crippen LogP contribution in [0.4, 0.5) is 11.6 Å². The lowest BCUT2D eigenvalue weighted by atomic mass is 10.2. The van der Waals surface area contributed by atoms with E-state index in [0.29, 0.717) is 29.6 Å².